The minimum Gasteiger partial charge on any atom is -0.329 e. The number of nitrogens with two attached hydrogens (primary N) is 1. The van der Waals surface area contributed by atoms with Gasteiger partial charge < -0.3 is 10.6 Å². The molecule has 116 valence electrons. The van der Waals surface area contributed by atoms with Crippen LogP contribution < -0.4 is 10.6 Å². The number of amides is 1. The van der Waals surface area contributed by atoms with E-state index in [1.165, 1.54) is 5.56 Å². The number of hydrogen-bond donors (Lipinski definition) is 1. The van der Waals surface area contributed by atoms with Gasteiger partial charge in [-0.1, -0.05) is 18.2 Å². The fourth-order valence-corrected chi connectivity index (χ4v) is 3.57. The van der Waals surface area contributed by atoms with Gasteiger partial charge in [-0.15, -0.1) is 12.4 Å². The number of rotatable bonds is 3. The van der Waals surface area contributed by atoms with Crippen LogP contribution in [-0.4, -0.2) is 42.5 Å². The van der Waals surface area contributed by atoms with Crippen LogP contribution in [-0.2, 0) is 11.2 Å². The van der Waals surface area contributed by atoms with Gasteiger partial charge in [-0.05, 0) is 44.4 Å². The first-order chi connectivity index (χ1) is 9.70. The normalized spacial score (nSPS) is 24.8. The molecule has 0 radical (unpaired) electrons. The van der Waals surface area contributed by atoms with E-state index in [9.17, 15) is 4.79 Å². The summed E-state index contributed by atoms with van der Waals surface area (Å²) in [5.74, 6) is 0.211. The van der Waals surface area contributed by atoms with E-state index < -0.39 is 0 Å². The standard InChI is InChI=1S/C16H23N3O.ClH/c1-12-9-13-5-2-3-7-15(13)19(12)16(20)11-18-8-4-6-14(18)10-17;/h2-3,5,7,12,14H,4,6,8-11,17H2,1H3;1H. The molecule has 0 spiro atoms. The lowest BCUT2D eigenvalue weighted by atomic mass is 10.1. The van der Waals surface area contributed by atoms with E-state index >= 15 is 0 Å². The lowest BCUT2D eigenvalue weighted by Gasteiger charge is -2.28. The van der Waals surface area contributed by atoms with Crippen LogP contribution in [0.2, 0.25) is 0 Å². The second kappa shape index (κ2) is 6.77. The molecule has 4 nitrogen and oxygen atoms in total. The monoisotopic (exact) mass is 309 g/mol. The summed E-state index contributed by atoms with van der Waals surface area (Å²) in [6, 6.07) is 8.88. The summed E-state index contributed by atoms with van der Waals surface area (Å²) in [5, 5.41) is 0. The predicted octanol–water partition coefficient (Wildman–Crippen LogP) is 1.81. The molecule has 21 heavy (non-hydrogen) atoms. The zero-order valence-corrected chi connectivity index (χ0v) is 13.3. The number of benzene rings is 1. The van der Waals surface area contributed by atoms with Gasteiger partial charge in [0.1, 0.15) is 0 Å². The van der Waals surface area contributed by atoms with E-state index in [0.717, 1.165) is 31.5 Å². The van der Waals surface area contributed by atoms with Crippen LogP contribution >= 0.6 is 12.4 Å². The van der Waals surface area contributed by atoms with Gasteiger partial charge in [-0.2, -0.15) is 0 Å². The summed E-state index contributed by atoms with van der Waals surface area (Å²) < 4.78 is 0. The second-order valence-electron chi connectivity index (χ2n) is 5.95. The highest BCUT2D eigenvalue weighted by Crippen LogP contribution is 2.32. The van der Waals surface area contributed by atoms with E-state index in [0.29, 0.717) is 19.1 Å². The molecule has 1 saturated heterocycles. The van der Waals surface area contributed by atoms with Gasteiger partial charge in [0.2, 0.25) is 5.91 Å². The van der Waals surface area contributed by atoms with Crippen LogP contribution in [0.25, 0.3) is 0 Å². The molecule has 0 aliphatic carbocycles. The van der Waals surface area contributed by atoms with Crippen LogP contribution in [0.5, 0.6) is 0 Å². The first-order valence-corrected chi connectivity index (χ1v) is 7.54. The summed E-state index contributed by atoms with van der Waals surface area (Å²) in [7, 11) is 0. The van der Waals surface area contributed by atoms with E-state index in [1.807, 2.05) is 17.0 Å². The number of anilines is 1. The highest BCUT2D eigenvalue weighted by molar-refractivity contribution is 5.97. The van der Waals surface area contributed by atoms with Crippen molar-refractivity contribution in [2.24, 2.45) is 5.73 Å². The van der Waals surface area contributed by atoms with Crippen molar-refractivity contribution >= 4 is 24.0 Å². The highest BCUT2D eigenvalue weighted by Gasteiger charge is 2.33. The maximum absolute atomic E-state index is 12.7. The molecule has 2 heterocycles. The van der Waals surface area contributed by atoms with Crippen LogP contribution in [0.3, 0.4) is 0 Å². The lowest BCUT2D eigenvalue weighted by molar-refractivity contribution is -0.120. The van der Waals surface area contributed by atoms with Crippen molar-refractivity contribution in [1.82, 2.24) is 4.90 Å². The first kappa shape index (κ1) is 16.3. The molecule has 1 aromatic rings. The van der Waals surface area contributed by atoms with Crippen molar-refractivity contribution in [2.45, 2.75) is 38.3 Å². The largest absolute Gasteiger partial charge is 0.329 e. The van der Waals surface area contributed by atoms with E-state index in [1.54, 1.807) is 0 Å². The molecule has 2 aliphatic heterocycles. The Hall–Kier alpha value is -1.10. The Kier molecular flexibility index (Phi) is 5.25. The van der Waals surface area contributed by atoms with Gasteiger partial charge in [0, 0.05) is 24.3 Å². The summed E-state index contributed by atoms with van der Waals surface area (Å²) >= 11 is 0. The summed E-state index contributed by atoms with van der Waals surface area (Å²) in [6.45, 7) is 4.28. The number of hydrogen-bond acceptors (Lipinski definition) is 3. The molecule has 3 rings (SSSR count). The molecule has 5 heteroatoms. The zero-order valence-electron chi connectivity index (χ0n) is 12.5. The van der Waals surface area contributed by atoms with E-state index in [2.05, 4.69) is 24.0 Å². The van der Waals surface area contributed by atoms with Crippen molar-refractivity contribution in [3.05, 3.63) is 29.8 Å². The summed E-state index contributed by atoms with van der Waals surface area (Å²) in [6.07, 6.45) is 3.24. The third-order valence-corrected chi connectivity index (χ3v) is 4.59. The van der Waals surface area contributed by atoms with Crippen molar-refractivity contribution < 1.29 is 4.79 Å². The number of nitrogens with zero attached hydrogens (tertiary/aromatic N) is 2. The van der Waals surface area contributed by atoms with Crippen molar-refractivity contribution in [1.29, 1.82) is 0 Å². The molecular weight excluding hydrogens is 286 g/mol. The first-order valence-electron chi connectivity index (χ1n) is 7.54. The Balaban J connectivity index is 0.00000161. The zero-order chi connectivity index (χ0) is 14.1. The molecule has 1 amide bonds. The number of carbonyl (C=O) groups is 1. The van der Waals surface area contributed by atoms with Crippen LogP contribution in [0, 0.1) is 0 Å². The molecule has 0 aromatic heterocycles. The molecule has 1 fully saturated rings. The molecule has 2 aliphatic rings. The molecular formula is C16H24ClN3O. The van der Waals surface area contributed by atoms with E-state index in [-0.39, 0.29) is 24.4 Å². The highest BCUT2D eigenvalue weighted by atomic mass is 35.5. The van der Waals surface area contributed by atoms with Gasteiger partial charge in [-0.25, -0.2) is 0 Å². The maximum atomic E-state index is 12.7. The number of likely N-dealkylation sites (tertiary alicyclic amines) is 1. The number of carbonyl (C=O) groups excluding carboxylic acids is 1. The maximum Gasteiger partial charge on any atom is 0.241 e. The number of para-hydroxylation sites is 1. The average molecular weight is 310 g/mol. The van der Waals surface area contributed by atoms with Gasteiger partial charge in [0.15, 0.2) is 0 Å². The summed E-state index contributed by atoms with van der Waals surface area (Å²) in [4.78, 5) is 16.9. The number of fused-ring (bicyclic) bond motifs is 1. The van der Waals surface area contributed by atoms with Crippen molar-refractivity contribution in [3.63, 3.8) is 0 Å². The van der Waals surface area contributed by atoms with Crippen LogP contribution in [0.4, 0.5) is 5.69 Å². The van der Waals surface area contributed by atoms with Crippen molar-refractivity contribution in [2.75, 3.05) is 24.5 Å². The van der Waals surface area contributed by atoms with Gasteiger partial charge in [0.05, 0.1) is 6.54 Å². The van der Waals surface area contributed by atoms with Crippen LogP contribution in [0.15, 0.2) is 24.3 Å². The molecule has 2 atom stereocenters. The van der Waals surface area contributed by atoms with Crippen LogP contribution in [0.1, 0.15) is 25.3 Å². The Morgan fingerprint density at radius 2 is 2.14 bits per heavy atom. The Morgan fingerprint density at radius 1 is 1.38 bits per heavy atom. The minimum absolute atomic E-state index is 0. The molecule has 0 bridgehead atoms. The third-order valence-electron chi connectivity index (χ3n) is 4.59. The Morgan fingerprint density at radius 3 is 2.90 bits per heavy atom. The fourth-order valence-electron chi connectivity index (χ4n) is 3.57. The Bertz CT molecular complexity index is 508. The fraction of sp³-hybridized carbons (Fsp3) is 0.562. The second-order valence-corrected chi connectivity index (χ2v) is 5.95. The summed E-state index contributed by atoms with van der Waals surface area (Å²) in [5.41, 5.74) is 8.16. The van der Waals surface area contributed by atoms with Gasteiger partial charge >= 0.3 is 0 Å². The minimum atomic E-state index is 0. The SMILES string of the molecule is CC1Cc2ccccc2N1C(=O)CN1CCCC1CN.Cl. The molecule has 1 aromatic carbocycles. The average Bonchev–Trinajstić information content (AvgIpc) is 3.01. The Labute approximate surface area is 132 Å². The third kappa shape index (κ3) is 3.07. The topological polar surface area (TPSA) is 49.6 Å². The van der Waals surface area contributed by atoms with Gasteiger partial charge in [-0.3, -0.25) is 9.69 Å². The van der Waals surface area contributed by atoms with Crippen molar-refractivity contribution in [3.8, 4) is 0 Å². The van der Waals surface area contributed by atoms with E-state index in [4.69, 9.17) is 5.73 Å². The molecule has 2 N–H and O–H groups in total. The predicted molar refractivity (Wildman–Crippen MR) is 88.0 cm³/mol. The number of halogens is 1. The molecule has 2 unspecified atom stereocenters. The van der Waals surface area contributed by atoms with Gasteiger partial charge in [0.25, 0.3) is 0 Å². The smallest absolute Gasteiger partial charge is 0.241 e. The quantitative estimate of drug-likeness (QED) is 0.926. The lowest BCUT2D eigenvalue weighted by Crippen LogP contribution is -2.46. The molecule has 0 saturated carbocycles.